The first-order valence-corrected chi connectivity index (χ1v) is 6.54. The van der Waals surface area contributed by atoms with Gasteiger partial charge in [0, 0.05) is 5.33 Å². The molecule has 82 valence electrons. The van der Waals surface area contributed by atoms with Crippen LogP contribution in [-0.2, 0) is 6.42 Å². The second-order valence-electron chi connectivity index (χ2n) is 4.08. The molecule has 0 saturated heterocycles. The monoisotopic (exact) mass is 266 g/mol. The van der Waals surface area contributed by atoms with Crippen molar-refractivity contribution in [2.45, 2.75) is 33.6 Å². The molecule has 1 rings (SSSR count). The zero-order chi connectivity index (χ0) is 11.3. The Morgan fingerprint density at radius 1 is 1.27 bits per heavy atom. The number of halogens is 1. The van der Waals surface area contributed by atoms with Crippen molar-refractivity contribution in [3.05, 3.63) is 46.5 Å². The first kappa shape index (κ1) is 12.5. The molecule has 0 unspecified atom stereocenters. The highest BCUT2D eigenvalue weighted by Gasteiger charge is 2.02. The standard InChI is InChI=1S/C14H19Br/c1-11(6-5-9-15)10-14-12(2)7-4-8-13(14)3/h4,6-8H,5,9-10H2,1-3H3/b11-6-. The Balaban J connectivity index is 2.80. The smallest absolute Gasteiger partial charge is 0.00660 e. The van der Waals surface area contributed by atoms with Crippen LogP contribution in [0.2, 0.25) is 0 Å². The lowest BCUT2D eigenvalue weighted by molar-refractivity contribution is 1.06. The van der Waals surface area contributed by atoms with Crippen molar-refractivity contribution >= 4 is 15.9 Å². The van der Waals surface area contributed by atoms with Gasteiger partial charge in [-0.05, 0) is 50.3 Å². The molecule has 0 fully saturated rings. The zero-order valence-corrected chi connectivity index (χ0v) is 11.4. The van der Waals surface area contributed by atoms with Crippen molar-refractivity contribution in [1.29, 1.82) is 0 Å². The van der Waals surface area contributed by atoms with Gasteiger partial charge in [-0.3, -0.25) is 0 Å². The zero-order valence-electron chi connectivity index (χ0n) is 9.81. The molecule has 0 N–H and O–H groups in total. The summed E-state index contributed by atoms with van der Waals surface area (Å²) in [5, 5.41) is 1.05. The minimum atomic E-state index is 1.05. The molecule has 0 atom stereocenters. The molecule has 0 saturated carbocycles. The van der Waals surface area contributed by atoms with E-state index >= 15 is 0 Å². The van der Waals surface area contributed by atoms with E-state index in [9.17, 15) is 0 Å². The highest BCUT2D eigenvalue weighted by Crippen LogP contribution is 2.17. The second-order valence-corrected chi connectivity index (χ2v) is 4.87. The number of hydrogen-bond donors (Lipinski definition) is 0. The summed E-state index contributed by atoms with van der Waals surface area (Å²) in [5.41, 5.74) is 5.76. The lowest BCUT2D eigenvalue weighted by atomic mass is 9.96. The number of aryl methyl sites for hydroxylation is 2. The summed E-state index contributed by atoms with van der Waals surface area (Å²) in [6.07, 6.45) is 4.53. The van der Waals surface area contributed by atoms with Crippen molar-refractivity contribution in [1.82, 2.24) is 0 Å². The SMILES string of the molecule is C/C(=C/CCBr)Cc1c(C)cccc1C. The van der Waals surface area contributed by atoms with E-state index in [1.165, 1.54) is 22.3 Å². The Hall–Kier alpha value is -0.560. The average Bonchev–Trinajstić information content (AvgIpc) is 2.21. The van der Waals surface area contributed by atoms with Crippen LogP contribution in [0.4, 0.5) is 0 Å². The van der Waals surface area contributed by atoms with Gasteiger partial charge in [0.25, 0.3) is 0 Å². The molecule has 1 aromatic rings. The summed E-state index contributed by atoms with van der Waals surface area (Å²) in [5.74, 6) is 0. The Morgan fingerprint density at radius 2 is 1.87 bits per heavy atom. The van der Waals surface area contributed by atoms with Crippen LogP contribution in [0.25, 0.3) is 0 Å². The molecular formula is C14H19Br. The molecule has 0 nitrogen and oxygen atoms in total. The Bertz CT molecular complexity index is 330. The topological polar surface area (TPSA) is 0 Å². The van der Waals surface area contributed by atoms with E-state index in [2.05, 4.69) is 61.0 Å². The predicted molar refractivity (Wildman–Crippen MR) is 71.8 cm³/mol. The highest BCUT2D eigenvalue weighted by atomic mass is 79.9. The summed E-state index contributed by atoms with van der Waals surface area (Å²) >= 11 is 3.45. The van der Waals surface area contributed by atoms with Crippen LogP contribution in [0.1, 0.15) is 30.0 Å². The summed E-state index contributed by atoms with van der Waals surface area (Å²) in [7, 11) is 0. The van der Waals surface area contributed by atoms with Crippen LogP contribution >= 0.6 is 15.9 Å². The van der Waals surface area contributed by atoms with E-state index in [4.69, 9.17) is 0 Å². The minimum Gasteiger partial charge on any atom is -0.0925 e. The fraction of sp³-hybridized carbons (Fsp3) is 0.429. The van der Waals surface area contributed by atoms with Crippen LogP contribution < -0.4 is 0 Å². The number of hydrogen-bond acceptors (Lipinski definition) is 0. The van der Waals surface area contributed by atoms with Crippen LogP contribution in [0.3, 0.4) is 0 Å². The van der Waals surface area contributed by atoms with Gasteiger partial charge in [0.05, 0.1) is 0 Å². The van der Waals surface area contributed by atoms with E-state index in [0.29, 0.717) is 0 Å². The van der Waals surface area contributed by atoms with Crippen LogP contribution in [0, 0.1) is 13.8 Å². The number of alkyl halides is 1. The normalized spacial score (nSPS) is 11.9. The van der Waals surface area contributed by atoms with Crippen LogP contribution in [-0.4, -0.2) is 5.33 Å². The van der Waals surface area contributed by atoms with E-state index < -0.39 is 0 Å². The first-order valence-electron chi connectivity index (χ1n) is 5.42. The van der Waals surface area contributed by atoms with Gasteiger partial charge in [-0.1, -0.05) is 45.8 Å². The maximum atomic E-state index is 3.45. The van der Waals surface area contributed by atoms with Gasteiger partial charge in [0.2, 0.25) is 0 Å². The predicted octanol–water partition coefficient (Wildman–Crippen LogP) is 4.58. The molecule has 0 heterocycles. The number of rotatable bonds is 4. The van der Waals surface area contributed by atoms with E-state index in [-0.39, 0.29) is 0 Å². The number of benzene rings is 1. The Kier molecular flexibility index (Phi) is 5.10. The third-order valence-electron chi connectivity index (χ3n) is 2.70. The largest absolute Gasteiger partial charge is 0.0925 e. The van der Waals surface area contributed by atoms with Crippen molar-refractivity contribution in [2.75, 3.05) is 5.33 Å². The van der Waals surface area contributed by atoms with E-state index in [0.717, 1.165) is 18.2 Å². The van der Waals surface area contributed by atoms with Crippen molar-refractivity contribution in [2.24, 2.45) is 0 Å². The first-order chi connectivity index (χ1) is 7.15. The maximum Gasteiger partial charge on any atom is 0.00660 e. The summed E-state index contributed by atoms with van der Waals surface area (Å²) in [4.78, 5) is 0. The van der Waals surface area contributed by atoms with Gasteiger partial charge >= 0.3 is 0 Å². The fourth-order valence-corrected chi connectivity index (χ4v) is 2.01. The molecule has 1 heteroatoms. The van der Waals surface area contributed by atoms with Crippen molar-refractivity contribution < 1.29 is 0 Å². The summed E-state index contributed by atoms with van der Waals surface area (Å²) in [6.45, 7) is 6.61. The third kappa shape index (κ3) is 3.83. The lowest BCUT2D eigenvalue weighted by Crippen LogP contribution is -1.95. The van der Waals surface area contributed by atoms with Gasteiger partial charge < -0.3 is 0 Å². The van der Waals surface area contributed by atoms with Crippen molar-refractivity contribution in [3.8, 4) is 0 Å². The van der Waals surface area contributed by atoms with Gasteiger partial charge in [-0.2, -0.15) is 0 Å². The van der Waals surface area contributed by atoms with Gasteiger partial charge in [-0.15, -0.1) is 0 Å². The minimum absolute atomic E-state index is 1.05. The van der Waals surface area contributed by atoms with Gasteiger partial charge in [0.15, 0.2) is 0 Å². The van der Waals surface area contributed by atoms with Gasteiger partial charge in [0.1, 0.15) is 0 Å². The third-order valence-corrected chi connectivity index (χ3v) is 3.16. The molecule has 15 heavy (non-hydrogen) atoms. The van der Waals surface area contributed by atoms with Crippen LogP contribution in [0.5, 0.6) is 0 Å². The maximum absolute atomic E-state index is 3.45. The van der Waals surface area contributed by atoms with Gasteiger partial charge in [-0.25, -0.2) is 0 Å². The summed E-state index contributed by atoms with van der Waals surface area (Å²) in [6, 6.07) is 6.52. The molecular weight excluding hydrogens is 248 g/mol. The van der Waals surface area contributed by atoms with Crippen LogP contribution in [0.15, 0.2) is 29.8 Å². The second kappa shape index (κ2) is 6.12. The Morgan fingerprint density at radius 3 is 2.40 bits per heavy atom. The summed E-state index contributed by atoms with van der Waals surface area (Å²) < 4.78 is 0. The molecule has 0 bridgehead atoms. The average molecular weight is 267 g/mol. The molecule has 0 radical (unpaired) electrons. The molecule has 0 aliphatic heterocycles. The van der Waals surface area contributed by atoms with E-state index in [1.54, 1.807) is 0 Å². The molecule has 0 aromatic heterocycles. The van der Waals surface area contributed by atoms with Crippen molar-refractivity contribution in [3.63, 3.8) is 0 Å². The molecule has 0 aliphatic carbocycles. The quantitative estimate of drug-likeness (QED) is 0.553. The molecule has 0 aliphatic rings. The Labute approximate surface area is 102 Å². The van der Waals surface area contributed by atoms with E-state index in [1.807, 2.05) is 0 Å². The number of allylic oxidation sites excluding steroid dienone is 2. The molecule has 0 amide bonds. The highest BCUT2D eigenvalue weighted by molar-refractivity contribution is 9.09. The lowest BCUT2D eigenvalue weighted by Gasteiger charge is -2.09. The molecule has 1 aromatic carbocycles. The fourth-order valence-electron chi connectivity index (χ4n) is 1.78. The molecule has 0 spiro atoms.